The van der Waals surface area contributed by atoms with Gasteiger partial charge in [0.25, 0.3) is 5.91 Å². The first-order valence-electron chi connectivity index (χ1n) is 5.46. The van der Waals surface area contributed by atoms with E-state index in [4.69, 9.17) is 23.2 Å². The molecule has 0 aliphatic rings. The molecule has 0 saturated carbocycles. The molecule has 2 rings (SSSR count). The smallest absolute Gasteiger partial charge is 0.319 e. The van der Waals surface area contributed by atoms with Crippen molar-refractivity contribution in [2.45, 2.75) is 0 Å². The fourth-order valence-corrected chi connectivity index (χ4v) is 1.98. The third-order valence-corrected chi connectivity index (χ3v) is 3.08. The van der Waals surface area contributed by atoms with Crippen LogP contribution >= 0.6 is 23.2 Å². The first kappa shape index (κ1) is 15.1. The van der Waals surface area contributed by atoms with Gasteiger partial charge in [-0.2, -0.15) is 0 Å². The van der Waals surface area contributed by atoms with Gasteiger partial charge in [-0.15, -0.1) is 0 Å². The molecule has 0 bridgehead atoms. The van der Waals surface area contributed by atoms with E-state index in [1.807, 2.05) is 0 Å². The topological polar surface area (TPSA) is 85.1 Å². The number of pyridine rings is 1. The van der Waals surface area contributed by atoms with Crippen molar-refractivity contribution in [2.75, 3.05) is 5.32 Å². The standard InChI is InChI=1S/C12H6Cl2FN3O3/c13-7-2-1-3-8(9(7)15)17-12(19)6-4-5-16-11(14)10(6)18(20)21/h1-5H,(H,17,19). The molecule has 0 fully saturated rings. The molecule has 6 nitrogen and oxygen atoms in total. The fourth-order valence-electron chi connectivity index (χ4n) is 1.58. The van der Waals surface area contributed by atoms with Crippen LogP contribution in [0.5, 0.6) is 0 Å². The molecule has 0 spiro atoms. The van der Waals surface area contributed by atoms with Crippen LogP contribution in [0, 0.1) is 15.9 Å². The third-order valence-electron chi connectivity index (χ3n) is 2.51. The van der Waals surface area contributed by atoms with Gasteiger partial charge in [0.2, 0.25) is 5.15 Å². The number of hydrogen-bond acceptors (Lipinski definition) is 4. The van der Waals surface area contributed by atoms with Crippen molar-refractivity contribution in [1.29, 1.82) is 0 Å². The number of aromatic nitrogens is 1. The van der Waals surface area contributed by atoms with Crippen LogP contribution in [-0.4, -0.2) is 15.8 Å². The second kappa shape index (κ2) is 6.02. The van der Waals surface area contributed by atoms with Crippen LogP contribution in [0.2, 0.25) is 10.2 Å². The number of nitrogens with zero attached hydrogens (tertiary/aromatic N) is 2. The first-order chi connectivity index (χ1) is 9.91. The summed E-state index contributed by atoms with van der Waals surface area (Å²) in [6.45, 7) is 0. The van der Waals surface area contributed by atoms with Crippen LogP contribution in [0.25, 0.3) is 0 Å². The molecule has 1 heterocycles. The number of nitrogens with one attached hydrogen (secondary N) is 1. The van der Waals surface area contributed by atoms with Crippen molar-refractivity contribution >= 4 is 40.5 Å². The lowest BCUT2D eigenvalue weighted by atomic mass is 10.2. The highest BCUT2D eigenvalue weighted by Gasteiger charge is 2.25. The van der Waals surface area contributed by atoms with Crippen LogP contribution < -0.4 is 5.32 Å². The molecular weight excluding hydrogens is 324 g/mol. The van der Waals surface area contributed by atoms with Gasteiger partial charge in [0.05, 0.1) is 15.6 Å². The number of hydrogen-bond donors (Lipinski definition) is 1. The van der Waals surface area contributed by atoms with Crippen LogP contribution in [0.15, 0.2) is 30.5 Å². The number of benzene rings is 1. The normalized spacial score (nSPS) is 10.2. The molecular formula is C12H6Cl2FN3O3. The molecule has 1 amide bonds. The van der Waals surface area contributed by atoms with Crippen molar-refractivity contribution in [3.63, 3.8) is 0 Å². The molecule has 0 radical (unpaired) electrons. The summed E-state index contributed by atoms with van der Waals surface area (Å²) in [5.41, 5.74) is -1.19. The maximum atomic E-state index is 13.7. The Morgan fingerprint density at radius 3 is 2.71 bits per heavy atom. The Kier molecular flexibility index (Phi) is 4.35. The number of rotatable bonds is 3. The summed E-state index contributed by atoms with van der Waals surface area (Å²) in [6.07, 6.45) is 1.14. The number of halogens is 3. The van der Waals surface area contributed by atoms with Gasteiger partial charge in [0, 0.05) is 6.20 Å². The molecule has 2 aromatic rings. The fraction of sp³-hybridized carbons (Fsp3) is 0. The Balaban J connectivity index is 2.40. The van der Waals surface area contributed by atoms with Gasteiger partial charge in [-0.3, -0.25) is 14.9 Å². The monoisotopic (exact) mass is 329 g/mol. The van der Waals surface area contributed by atoms with Crippen molar-refractivity contribution in [3.05, 3.63) is 62.1 Å². The Labute approximate surface area is 127 Å². The van der Waals surface area contributed by atoms with Gasteiger partial charge in [0.1, 0.15) is 5.56 Å². The van der Waals surface area contributed by atoms with E-state index < -0.39 is 27.5 Å². The molecule has 108 valence electrons. The summed E-state index contributed by atoms with van der Waals surface area (Å²) in [7, 11) is 0. The largest absolute Gasteiger partial charge is 0.319 e. The van der Waals surface area contributed by atoms with Gasteiger partial charge in [0.15, 0.2) is 5.82 Å². The molecule has 1 aromatic carbocycles. The van der Waals surface area contributed by atoms with E-state index in [2.05, 4.69) is 10.3 Å². The predicted octanol–water partition coefficient (Wildman–Crippen LogP) is 3.69. The van der Waals surface area contributed by atoms with Gasteiger partial charge in [-0.25, -0.2) is 9.37 Å². The Hall–Kier alpha value is -2.25. The molecule has 9 heteroatoms. The van der Waals surface area contributed by atoms with E-state index in [-0.39, 0.29) is 16.3 Å². The van der Waals surface area contributed by atoms with Crippen LogP contribution in [0.4, 0.5) is 15.8 Å². The Morgan fingerprint density at radius 1 is 1.33 bits per heavy atom. The summed E-state index contributed by atoms with van der Waals surface area (Å²) < 4.78 is 13.7. The Morgan fingerprint density at radius 2 is 2.05 bits per heavy atom. The zero-order valence-corrected chi connectivity index (χ0v) is 11.7. The molecule has 1 aromatic heterocycles. The lowest BCUT2D eigenvalue weighted by Crippen LogP contribution is -2.15. The molecule has 0 atom stereocenters. The molecule has 0 aliphatic carbocycles. The van der Waals surface area contributed by atoms with E-state index in [9.17, 15) is 19.3 Å². The SMILES string of the molecule is O=C(Nc1cccc(Cl)c1F)c1ccnc(Cl)c1[N+](=O)[O-]. The quantitative estimate of drug-likeness (QED) is 0.528. The molecule has 0 unspecified atom stereocenters. The van der Waals surface area contributed by atoms with Gasteiger partial charge < -0.3 is 5.32 Å². The summed E-state index contributed by atoms with van der Waals surface area (Å²) in [4.78, 5) is 25.7. The minimum Gasteiger partial charge on any atom is -0.319 e. The van der Waals surface area contributed by atoms with Crippen molar-refractivity contribution in [1.82, 2.24) is 4.98 Å². The second-order valence-corrected chi connectivity index (χ2v) is 4.58. The number of anilines is 1. The van der Waals surface area contributed by atoms with E-state index in [1.165, 1.54) is 18.2 Å². The Bertz CT molecular complexity index is 740. The van der Waals surface area contributed by atoms with Crippen molar-refractivity contribution in [3.8, 4) is 0 Å². The van der Waals surface area contributed by atoms with Crippen LogP contribution in [-0.2, 0) is 0 Å². The highest BCUT2D eigenvalue weighted by molar-refractivity contribution is 6.32. The average Bonchev–Trinajstić information content (AvgIpc) is 2.43. The summed E-state index contributed by atoms with van der Waals surface area (Å²) in [5, 5.41) is 12.5. The maximum absolute atomic E-state index is 13.7. The third kappa shape index (κ3) is 3.09. The predicted molar refractivity (Wildman–Crippen MR) is 75.3 cm³/mol. The van der Waals surface area contributed by atoms with Crippen LogP contribution in [0.3, 0.4) is 0 Å². The highest BCUT2D eigenvalue weighted by Crippen LogP contribution is 2.28. The van der Waals surface area contributed by atoms with Crippen LogP contribution in [0.1, 0.15) is 10.4 Å². The van der Waals surface area contributed by atoms with E-state index in [0.717, 1.165) is 12.3 Å². The molecule has 0 aliphatic heterocycles. The maximum Gasteiger partial charge on any atom is 0.319 e. The van der Waals surface area contributed by atoms with Gasteiger partial charge in [-0.1, -0.05) is 29.3 Å². The molecule has 0 saturated heterocycles. The van der Waals surface area contributed by atoms with E-state index in [1.54, 1.807) is 0 Å². The van der Waals surface area contributed by atoms with Crippen molar-refractivity contribution in [2.24, 2.45) is 0 Å². The second-order valence-electron chi connectivity index (χ2n) is 3.81. The summed E-state index contributed by atoms with van der Waals surface area (Å²) in [5.74, 6) is -1.73. The number of carbonyl (C=O) groups excluding carboxylic acids is 1. The summed E-state index contributed by atoms with van der Waals surface area (Å²) in [6, 6.07) is 5.11. The number of amides is 1. The zero-order chi connectivity index (χ0) is 15.6. The van der Waals surface area contributed by atoms with E-state index in [0.29, 0.717) is 0 Å². The highest BCUT2D eigenvalue weighted by atomic mass is 35.5. The summed E-state index contributed by atoms with van der Waals surface area (Å²) >= 11 is 11.2. The van der Waals surface area contributed by atoms with E-state index >= 15 is 0 Å². The zero-order valence-electron chi connectivity index (χ0n) is 10.1. The van der Waals surface area contributed by atoms with Gasteiger partial charge in [-0.05, 0) is 18.2 Å². The average molecular weight is 330 g/mol. The lowest BCUT2D eigenvalue weighted by Gasteiger charge is -2.07. The minimum atomic E-state index is -0.896. The molecule has 1 N–H and O–H groups in total. The number of nitro groups is 1. The lowest BCUT2D eigenvalue weighted by molar-refractivity contribution is -0.385. The number of carbonyl (C=O) groups is 1. The minimum absolute atomic E-state index is 0.185. The van der Waals surface area contributed by atoms with Crippen molar-refractivity contribution < 1.29 is 14.1 Å². The van der Waals surface area contributed by atoms with Gasteiger partial charge >= 0.3 is 5.69 Å². The molecule has 21 heavy (non-hydrogen) atoms. The first-order valence-corrected chi connectivity index (χ1v) is 6.21.